The van der Waals surface area contributed by atoms with Crippen LogP contribution in [0.5, 0.6) is 11.5 Å². The summed E-state index contributed by atoms with van der Waals surface area (Å²) in [5.74, 6) is 1.72. The summed E-state index contributed by atoms with van der Waals surface area (Å²) >= 11 is 0. The van der Waals surface area contributed by atoms with Crippen molar-refractivity contribution >= 4 is 0 Å². The van der Waals surface area contributed by atoms with E-state index in [9.17, 15) is 0 Å². The van der Waals surface area contributed by atoms with Crippen LogP contribution in [0.25, 0.3) is 0 Å². The number of piperazine rings is 1. The van der Waals surface area contributed by atoms with E-state index in [-0.39, 0.29) is 6.04 Å². The summed E-state index contributed by atoms with van der Waals surface area (Å²) in [5, 5.41) is 0. The summed E-state index contributed by atoms with van der Waals surface area (Å²) in [6, 6.07) is 6.27. The van der Waals surface area contributed by atoms with Crippen LogP contribution in [0.1, 0.15) is 24.9 Å². The van der Waals surface area contributed by atoms with Gasteiger partial charge in [0.2, 0.25) is 0 Å². The molecule has 124 valence electrons. The molecule has 0 saturated carbocycles. The second-order valence-electron chi connectivity index (χ2n) is 5.84. The molecule has 1 heterocycles. The molecule has 1 saturated heterocycles. The Morgan fingerprint density at radius 3 is 2.55 bits per heavy atom. The third-order valence-corrected chi connectivity index (χ3v) is 4.24. The van der Waals surface area contributed by atoms with Gasteiger partial charge in [-0.2, -0.15) is 0 Å². The Hall–Kier alpha value is -1.30. The van der Waals surface area contributed by atoms with Crippen LogP contribution in [0.3, 0.4) is 0 Å². The highest BCUT2D eigenvalue weighted by atomic mass is 16.5. The van der Waals surface area contributed by atoms with Crippen molar-refractivity contribution in [2.75, 3.05) is 53.5 Å². The third-order valence-electron chi connectivity index (χ3n) is 4.24. The maximum absolute atomic E-state index is 6.10. The van der Waals surface area contributed by atoms with Crippen molar-refractivity contribution in [2.24, 2.45) is 5.73 Å². The van der Waals surface area contributed by atoms with Gasteiger partial charge in [0.15, 0.2) is 0 Å². The first-order valence-corrected chi connectivity index (χ1v) is 8.13. The van der Waals surface area contributed by atoms with Crippen LogP contribution in [0, 0.1) is 0 Å². The summed E-state index contributed by atoms with van der Waals surface area (Å²) in [5.41, 5.74) is 7.26. The van der Waals surface area contributed by atoms with E-state index in [1.54, 1.807) is 7.11 Å². The van der Waals surface area contributed by atoms with Crippen molar-refractivity contribution in [2.45, 2.75) is 19.4 Å². The van der Waals surface area contributed by atoms with Crippen LogP contribution in [-0.2, 0) is 0 Å². The lowest BCUT2D eigenvalue weighted by molar-refractivity contribution is 0.112. The lowest BCUT2D eigenvalue weighted by Gasteiger charge is -2.38. The van der Waals surface area contributed by atoms with Gasteiger partial charge in [-0.1, -0.05) is 13.0 Å². The van der Waals surface area contributed by atoms with E-state index >= 15 is 0 Å². The molecule has 0 radical (unpaired) electrons. The van der Waals surface area contributed by atoms with Gasteiger partial charge in [0.25, 0.3) is 0 Å². The molecule has 0 bridgehead atoms. The van der Waals surface area contributed by atoms with Crippen LogP contribution in [-0.4, -0.2) is 63.3 Å². The normalized spacial score (nSPS) is 18.2. The molecule has 0 aromatic heterocycles. The zero-order valence-electron chi connectivity index (χ0n) is 14.0. The molecule has 1 aliphatic heterocycles. The largest absolute Gasteiger partial charge is 0.497 e. The Bertz CT molecular complexity index is 459. The zero-order chi connectivity index (χ0) is 15.9. The molecule has 0 amide bonds. The van der Waals surface area contributed by atoms with Crippen molar-refractivity contribution < 1.29 is 9.47 Å². The molecule has 1 aromatic rings. The quantitative estimate of drug-likeness (QED) is 0.831. The van der Waals surface area contributed by atoms with E-state index in [2.05, 4.69) is 29.8 Å². The molecule has 1 aromatic carbocycles. The first-order chi connectivity index (χ1) is 10.7. The maximum Gasteiger partial charge on any atom is 0.127 e. The van der Waals surface area contributed by atoms with Crippen molar-refractivity contribution in [3.05, 3.63) is 23.8 Å². The molecule has 1 fully saturated rings. The highest BCUT2D eigenvalue weighted by molar-refractivity contribution is 5.43. The van der Waals surface area contributed by atoms with Gasteiger partial charge in [-0.25, -0.2) is 0 Å². The Morgan fingerprint density at radius 1 is 1.23 bits per heavy atom. The molecule has 22 heavy (non-hydrogen) atoms. The number of hydrogen-bond donors (Lipinski definition) is 1. The smallest absolute Gasteiger partial charge is 0.127 e. The average molecular weight is 307 g/mol. The Labute approximate surface area is 134 Å². The number of ether oxygens (including phenoxy) is 2. The molecule has 5 heteroatoms. The summed E-state index contributed by atoms with van der Waals surface area (Å²) in [4.78, 5) is 4.81. The molecule has 0 aliphatic carbocycles. The van der Waals surface area contributed by atoms with Crippen molar-refractivity contribution in [1.82, 2.24) is 9.80 Å². The number of nitrogens with two attached hydrogens (primary N) is 1. The minimum Gasteiger partial charge on any atom is -0.497 e. The topological polar surface area (TPSA) is 51.0 Å². The standard InChI is InChI=1S/C17H29N3O2/c1-4-11-22-17-12-14(21-3)5-6-15(17)16(13-18)20-9-7-19(2)8-10-20/h5-6,12,16H,4,7-11,13,18H2,1-3H3. The zero-order valence-corrected chi connectivity index (χ0v) is 14.0. The molecule has 1 unspecified atom stereocenters. The number of nitrogens with zero attached hydrogens (tertiary/aromatic N) is 2. The first kappa shape index (κ1) is 17.1. The summed E-state index contributed by atoms with van der Waals surface area (Å²) in [7, 11) is 3.84. The van der Waals surface area contributed by atoms with Gasteiger partial charge in [0.1, 0.15) is 11.5 Å². The minimum atomic E-state index is 0.200. The van der Waals surface area contributed by atoms with E-state index in [4.69, 9.17) is 15.2 Å². The van der Waals surface area contributed by atoms with Crippen molar-refractivity contribution in [3.8, 4) is 11.5 Å². The van der Waals surface area contributed by atoms with Gasteiger partial charge < -0.3 is 20.1 Å². The summed E-state index contributed by atoms with van der Waals surface area (Å²) in [6.45, 7) is 7.66. The second-order valence-corrected chi connectivity index (χ2v) is 5.84. The predicted molar refractivity (Wildman–Crippen MR) is 89.6 cm³/mol. The summed E-state index contributed by atoms with van der Waals surface area (Å²) in [6.07, 6.45) is 0.985. The number of hydrogen-bond acceptors (Lipinski definition) is 5. The van der Waals surface area contributed by atoms with Crippen LogP contribution in [0.2, 0.25) is 0 Å². The van der Waals surface area contributed by atoms with E-state index in [0.717, 1.165) is 44.1 Å². The SMILES string of the molecule is CCCOc1cc(OC)ccc1C(CN)N1CCN(C)CC1. The molecule has 5 nitrogen and oxygen atoms in total. The van der Waals surface area contributed by atoms with Crippen LogP contribution in [0.15, 0.2) is 18.2 Å². The fraction of sp³-hybridized carbons (Fsp3) is 0.647. The van der Waals surface area contributed by atoms with E-state index in [0.29, 0.717) is 13.2 Å². The van der Waals surface area contributed by atoms with Crippen molar-refractivity contribution in [3.63, 3.8) is 0 Å². The maximum atomic E-state index is 6.10. The third kappa shape index (κ3) is 4.12. The number of likely N-dealkylation sites (N-methyl/N-ethyl adjacent to an activating group) is 1. The fourth-order valence-corrected chi connectivity index (χ4v) is 2.86. The summed E-state index contributed by atoms with van der Waals surface area (Å²) < 4.78 is 11.3. The number of rotatable bonds is 7. The monoisotopic (exact) mass is 307 g/mol. The van der Waals surface area contributed by atoms with Crippen molar-refractivity contribution in [1.29, 1.82) is 0 Å². The Balaban J connectivity index is 2.22. The van der Waals surface area contributed by atoms with E-state index < -0.39 is 0 Å². The highest BCUT2D eigenvalue weighted by Gasteiger charge is 2.25. The fourth-order valence-electron chi connectivity index (χ4n) is 2.86. The number of methoxy groups -OCH3 is 1. The second kappa shape index (κ2) is 8.36. The van der Waals surface area contributed by atoms with Gasteiger partial charge in [-0.3, -0.25) is 4.90 Å². The molecule has 1 atom stereocenters. The lowest BCUT2D eigenvalue weighted by Crippen LogP contribution is -2.47. The lowest BCUT2D eigenvalue weighted by atomic mass is 10.0. The van der Waals surface area contributed by atoms with E-state index in [1.807, 2.05) is 12.1 Å². The number of benzene rings is 1. The molecule has 0 spiro atoms. The first-order valence-electron chi connectivity index (χ1n) is 8.13. The Morgan fingerprint density at radius 2 is 1.95 bits per heavy atom. The van der Waals surface area contributed by atoms with Crippen LogP contribution >= 0.6 is 0 Å². The molecule has 1 aliphatic rings. The predicted octanol–water partition coefficient (Wildman–Crippen LogP) is 1.73. The highest BCUT2D eigenvalue weighted by Crippen LogP contribution is 2.33. The van der Waals surface area contributed by atoms with Crippen LogP contribution < -0.4 is 15.2 Å². The van der Waals surface area contributed by atoms with Gasteiger partial charge in [0.05, 0.1) is 19.8 Å². The van der Waals surface area contributed by atoms with Gasteiger partial charge >= 0.3 is 0 Å². The molecule has 2 N–H and O–H groups in total. The molecule has 2 rings (SSSR count). The molecular formula is C17H29N3O2. The van der Waals surface area contributed by atoms with Gasteiger partial charge in [-0.15, -0.1) is 0 Å². The average Bonchev–Trinajstić information content (AvgIpc) is 2.56. The Kier molecular flexibility index (Phi) is 6.49. The minimum absolute atomic E-state index is 0.200. The molecular weight excluding hydrogens is 278 g/mol. The van der Waals surface area contributed by atoms with E-state index in [1.165, 1.54) is 5.56 Å². The van der Waals surface area contributed by atoms with Gasteiger partial charge in [-0.05, 0) is 19.5 Å². The van der Waals surface area contributed by atoms with Crippen LogP contribution in [0.4, 0.5) is 0 Å². The van der Waals surface area contributed by atoms with Gasteiger partial charge in [0, 0.05) is 44.4 Å².